The first-order valence-corrected chi connectivity index (χ1v) is 6.70. The van der Waals surface area contributed by atoms with E-state index in [1.807, 2.05) is 5.38 Å². The molecule has 0 aliphatic carbocycles. The van der Waals surface area contributed by atoms with Crippen molar-refractivity contribution in [2.24, 2.45) is 16.5 Å². The molecule has 0 radical (unpaired) electrons. The molecule has 14 heavy (non-hydrogen) atoms. The van der Waals surface area contributed by atoms with Crippen LogP contribution in [0.1, 0.15) is 5.69 Å². The van der Waals surface area contributed by atoms with E-state index in [4.69, 9.17) is 11.5 Å². The zero-order valence-electron chi connectivity index (χ0n) is 7.44. The molecule has 0 bridgehead atoms. The normalized spacial score (nSPS) is 10.1. The van der Waals surface area contributed by atoms with Gasteiger partial charge in [0.2, 0.25) is 0 Å². The first-order valence-electron chi connectivity index (χ1n) is 3.92. The van der Waals surface area contributed by atoms with Crippen LogP contribution < -0.4 is 11.5 Å². The molecule has 4 N–H and O–H groups in total. The van der Waals surface area contributed by atoms with E-state index in [2.05, 4.69) is 25.3 Å². The molecule has 1 rings (SSSR count). The van der Waals surface area contributed by atoms with Crippen molar-refractivity contribution in [1.82, 2.24) is 4.37 Å². The second-order valence-corrected chi connectivity index (χ2v) is 5.06. The maximum absolute atomic E-state index is 5.19. The van der Waals surface area contributed by atoms with Crippen molar-refractivity contribution >= 4 is 45.2 Å². The van der Waals surface area contributed by atoms with Gasteiger partial charge in [0.05, 0.1) is 16.7 Å². The average Bonchev–Trinajstić information content (AvgIpc) is 2.51. The van der Waals surface area contributed by atoms with Gasteiger partial charge in [0, 0.05) is 16.9 Å². The van der Waals surface area contributed by atoms with E-state index >= 15 is 0 Å². The Morgan fingerprint density at radius 3 is 3.00 bits per heavy atom. The van der Waals surface area contributed by atoms with Gasteiger partial charge in [-0.3, -0.25) is 4.99 Å². The molecular weight excluding hydrogens is 284 g/mol. The van der Waals surface area contributed by atoms with Crippen LogP contribution in [-0.2, 0) is 5.75 Å². The van der Waals surface area contributed by atoms with E-state index in [0.717, 1.165) is 21.7 Å². The molecule has 0 saturated heterocycles. The summed E-state index contributed by atoms with van der Waals surface area (Å²) >= 11 is 6.65. The lowest BCUT2D eigenvalue weighted by molar-refractivity contribution is 1.12. The highest BCUT2D eigenvalue weighted by Gasteiger charge is 2.01. The summed E-state index contributed by atoms with van der Waals surface area (Å²) in [7, 11) is 0. The minimum absolute atomic E-state index is 0.153. The van der Waals surface area contributed by atoms with E-state index in [1.54, 1.807) is 11.8 Å². The second kappa shape index (κ2) is 6.26. The lowest BCUT2D eigenvalue weighted by Crippen LogP contribution is -2.23. The van der Waals surface area contributed by atoms with Gasteiger partial charge < -0.3 is 11.5 Å². The van der Waals surface area contributed by atoms with Crippen molar-refractivity contribution in [1.29, 1.82) is 0 Å². The summed E-state index contributed by atoms with van der Waals surface area (Å²) in [6, 6.07) is 0. The molecule has 4 nitrogen and oxygen atoms in total. The lowest BCUT2D eigenvalue weighted by Gasteiger charge is -1.97. The standard InChI is InChI=1S/C7H11BrN4S2/c8-5-3-14-12-6(5)4-13-2-1-11-7(9)10/h3H,1-2,4H2,(H4,9,10,11). The fourth-order valence-electron chi connectivity index (χ4n) is 0.751. The van der Waals surface area contributed by atoms with E-state index in [0.29, 0.717) is 6.54 Å². The number of hydrogen-bond donors (Lipinski definition) is 2. The number of aromatic nitrogens is 1. The fourth-order valence-corrected chi connectivity index (χ4v) is 2.97. The van der Waals surface area contributed by atoms with Gasteiger partial charge in [-0.05, 0) is 27.5 Å². The van der Waals surface area contributed by atoms with Crippen molar-refractivity contribution in [3.63, 3.8) is 0 Å². The number of halogens is 1. The molecule has 0 spiro atoms. The molecule has 78 valence electrons. The van der Waals surface area contributed by atoms with E-state index in [1.165, 1.54) is 11.5 Å². The summed E-state index contributed by atoms with van der Waals surface area (Å²) in [5.41, 5.74) is 11.5. The third-order valence-electron chi connectivity index (χ3n) is 1.36. The van der Waals surface area contributed by atoms with Gasteiger partial charge in [-0.2, -0.15) is 16.1 Å². The van der Waals surface area contributed by atoms with Crippen LogP contribution in [0.15, 0.2) is 14.8 Å². The summed E-state index contributed by atoms with van der Waals surface area (Å²) < 4.78 is 5.32. The molecule has 0 aliphatic rings. The molecule has 0 aliphatic heterocycles. The third-order valence-corrected chi connectivity index (χ3v) is 3.97. The highest BCUT2D eigenvalue weighted by Crippen LogP contribution is 2.22. The molecule has 1 heterocycles. The van der Waals surface area contributed by atoms with Crippen LogP contribution in [0, 0.1) is 0 Å². The number of nitrogens with zero attached hydrogens (tertiary/aromatic N) is 2. The van der Waals surface area contributed by atoms with E-state index < -0.39 is 0 Å². The maximum Gasteiger partial charge on any atom is 0.185 e. The Hall–Kier alpha value is -0.270. The van der Waals surface area contributed by atoms with Gasteiger partial charge >= 0.3 is 0 Å². The van der Waals surface area contributed by atoms with Gasteiger partial charge in [-0.25, -0.2) is 0 Å². The van der Waals surface area contributed by atoms with Gasteiger partial charge in [0.1, 0.15) is 0 Å². The van der Waals surface area contributed by atoms with Crippen molar-refractivity contribution in [2.45, 2.75) is 5.75 Å². The van der Waals surface area contributed by atoms with Crippen LogP contribution in [0.2, 0.25) is 0 Å². The first kappa shape index (κ1) is 11.8. The Morgan fingerprint density at radius 2 is 2.43 bits per heavy atom. The monoisotopic (exact) mass is 294 g/mol. The minimum Gasteiger partial charge on any atom is -0.370 e. The van der Waals surface area contributed by atoms with Gasteiger partial charge in [0.25, 0.3) is 0 Å². The molecule has 7 heteroatoms. The predicted octanol–water partition coefficient (Wildman–Crippen LogP) is 1.41. The van der Waals surface area contributed by atoms with Crippen LogP contribution in [0.3, 0.4) is 0 Å². The van der Waals surface area contributed by atoms with Gasteiger partial charge in [0.15, 0.2) is 5.96 Å². The quantitative estimate of drug-likeness (QED) is 0.489. The number of thioether (sulfide) groups is 1. The number of rotatable bonds is 5. The number of aliphatic imine (C=N–C) groups is 1. The summed E-state index contributed by atoms with van der Waals surface area (Å²) in [4.78, 5) is 3.89. The highest BCUT2D eigenvalue weighted by molar-refractivity contribution is 9.10. The topological polar surface area (TPSA) is 77.3 Å². The minimum atomic E-state index is 0.153. The molecule has 0 fully saturated rings. The van der Waals surface area contributed by atoms with Crippen molar-refractivity contribution < 1.29 is 0 Å². The van der Waals surface area contributed by atoms with Crippen LogP contribution in [-0.4, -0.2) is 22.6 Å². The first-order chi connectivity index (χ1) is 6.70. The lowest BCUT2D eigenvalue weighted by atomic mass is 10.5. The summed E-state index contributed by atoms with van der Waals surface area (Å²) in [6.07, 6.45) is 0. The summed E-state index contributed by atoms with van der Waals surface area (Å²) in [5.74, 6) is 1.95. The van der Waals surface area contributed by atoms with Crippen LogP contribution in [0.4, 0.5) is 0 Å². The summed E-state index contributed by atoms with van der Waals surface area (Å²) in [6.45, 7) is 0.661. The molecule has 0 amide bonds. The second-order valence-electron chi connectivity index (χ2n) is 2.47. The Labute approximate surface area is 99.5 Å². The number of hydrogen-bond acceptors (Lipinski definition) is 4. The molecule has 0 atom stereocenters. The Balaban J connectivity index is 2.16. The Bertz CT molecular complexity index is 308. The predicted molar refractivity (Wildman–Crippen MR) is 66.7 cm³/mol. The SMILES string of the molecule is NC(N)=NCCSCc1nscc1Br. The van der Waals surface area contributed by atoms with Gasteiger partial charge in [-0.1, -0.05) is 0 Å². The zero-order valence-corrected chi connectivity index (χ0v) is 10.7. The van der Waals surface area contributed by atoms with E-state index in [9.17, 15) is 0 Å². The van der Waals surface area contributed by atoms with Crippen molar-refractivity contribution in [3.05, 3.63) is 15.5 Å². The molecule has 0 saturated carbocycles. The number of guanidine groups is 1. The molecule has 1 aromatic rings. The van der Waals surface area contributed by atoms with Crippen molar-refractivity contribution in [2.75, 3.05) is 12.3 Å². The Morgan fingerprint density at radius 1 is 1.64 bits per heavy atom. The maximum atomic E-state index is 5.19. The van der Waals surface area contributed by atoms with Crippen LogP contribution >= 0.6 is 39.2 Å². The summed E-state index contributed by atoms with van der Waals surface area (Å²) in [5, 5.41) is 1.98. The van der Waals surface area contributed by atoms with Crippen molar-refractivity contribution in [3.8, 4) is 0 Å². The smallest absolute Gasteiger partial charge is 0.185 e. The fraction of sp³-hybridized carbons (Fsp3) is 0.429. The number of nitrogens with two attached hydrogens (primary N) is 2. The Kier molecular flexibility index (Phi) is 5.28. The van der Waals surface area contributed by atoms with Gasteiger partial charge in [-0.15, -0.1) is 0 Å². The zero-order chi connectivity index (χ0) is 10.4. The molecule has 0 unspecified atom stereocenters. The molecular formula is C7H11BrN4S2. The highest BCUT2D eigenvalue weighted by atomic mass is 79.9. The average molecular weight is 295 g/mol. The molecule has 1 aromatic heterocycles. The third kappa shape index (κ3) is 4.30. The largest absolute Gasteiger partial charge is 0.370 e. The van der Waals surface area contributed by atoms with Crippen LogP contribution in [0.5, 0.6) is 0 Å². The van der Waals surface area contributed by atoms with E-state index in [-0.39, 0.29) is 5.96 Å². The molecule has 0 aromatic carbocycles. The van der Waals surface area contributed by atoms with Crippen LogP contribution in [0.25, 0.3) is 0 Å².